The zero-order valence-electron chi connectivity index (χ0n) is 8.77. The number of carbonyl (C=O) groups excluding carboxylic acids is 2. The summed E-state index contributed by atoms with van der Waals surface area (Å²) in [5.41, 5.74) is 1.81. The zero-order valence-corrected chi connectivity index (χ0v) is 9.58. The highest BCUT2D eigenvalue weighted by Gasteiger charge is 2.41. The molecule has 2 atom stereocenters. The fourth-order valence-electron chi connectivity index (χ4n) is 2.26. The van der Waals surface area contributed by atoms with Gasteiger partial charge < -0.3 is 10.4 Å². The summed E-state index contributed by atoms with van der Waals surface area (Å²) in [6.45, 7) is 0.608. The quantitative estimate of drug-likeness (QED) is 0.699. The largest absolute Gasteiger partial charge is 0.508 e. The van der Waals surface area contributed by atoms with E-state index in [4.69, 9.17) is 0 Å². The second-order valence-electron chi connectivity index (χ2n) is 4.07. The van der Waals surface area contributed by atoms with Crippen molar-refractivity contribution < 1.29 is 14.7 Å². The second-order valence-corrected chi connectivity index (χ2v) is 5.19. The molecule has 2 amide bonds. The van der Waals surface area contributed by atoms with E-state index in [2.05, 4.69) is 10.6 Å². The van der Waals surface area contributed by atoms with Crippen LogP contribution in [0.25, 0.3) is 0 Å². The number of anilines is 1. The van der Waals surface area contributed by atoms with Gasteiger partial charge in [0.1, 0.15) is 11.0 Å². The van der Waals surface area contributed by atoms with Crippen LogP contribution in [0.2, 0.25) is 0 Å². The maximum atomic E-state index is 11.6. The summed E-state index contributed by atoms with van der Waals surface area (Å²) in [4.78, 5) is 22.8. The van der Waals surface area contributed by atoms with E-state index in [1.807, 2.05) is 0 Å². The van der Waals surface area contributed by atoms with Gasteiger partial charge in [-0.05, 0) is 11.6 Å². The van der Waals surface area contributed by atoms with Crippen molar-refractivity contribution in [2.75, 3.05) is 11.9 Å². The number of nitrogens with one attached hydrogen (secondary N) is 2. The number of rotatable bonds is 1. The number of imide groups is 1. The molecule has 1 aromatic rings. The lowest BCUT2D eigenvalue weighted by Gasteiger charge is -2.13. The second kappa shape index (κ2) is 3.66. The first-order valence-electron chi connectivity index (χ1n) is 5.23. The van der Waals surface area contributed by atoms with Crippen molar-refractivity contribution in [3.05, 3.63) is 23.8 Å². The van der Waals surface area contributed by atoms with Crippen LogP contribution in [-0.4, -0.2) is 28.0 Å². The molecule has 1 unspecified atom stereocenters. The Balaban J connectivity index is 1.93. The maximum absolute atomic E-state index is 11.6. The maximum Gasteiger partial charge on any atom is 0.286 e. The van der Waals surface area contributed by atoms with E-state index in [1.165, 1.54) is 0 Å². The van der Waals surface area contributed by atoms with Gasteiger partial charge in [-0.15, -0.1) is 0 Å². The molecule has 1 saturated heterocycles. The highest BCUT2D eigenvalue weighted by atomic mass is 32.2. The molecular weight excluding hydrogens is 240 g/mol. The van der Waals surface area contributed by atoms with Crippen LogP contribution in [0.5, 0.6) is 5.75 Å². The monoisotopic (exact) mass is 250 g/mol. The van der Waals surface area contributed by atoms with Crippen molar-refractivity contribution in [2.24, 2.45) is 0 Å². The Hall–Kier alpha value is -1.69. The molecule has 1 fully saturated rings. The topological polar surface area (TPSA) is 78.4 Å². The van der Waals surface area contributed by atoms with Gasteiger partial charge in [0.05, 0.1) is 0 Å². The van der Waals surface area contributed by atoms with Crippen LogP contribution in [-0.2, 0) is 4.79 Å². The van der Waals surface area contributed by atoms with Crippen LogP contribution < -0.4 is 10.6 Å². The average molecular weight is 250 g/mol. The SMILES string of the molecule is O=C1NC(=O)C([C@@H]2CNc3cc(O)ccc32)S1. The summed E-state index contributed by atoms with van der Waals surface area (Å²) >= 11 is 1.04. The fraction of sp³-hybridized carbons (Fsp3) is 0.273. The van der Waals surface area contributed by atoms with Gasteiger partial charge >= 0.3 is 0 Å². The number of amides is 2. The summed E-state index contributed by atoms with van der Waals surface area (Å²) in [5.74, 6) is -0.0636. The fourth-order valence-corrected chi connectivity index (χ4v) is 3.22. The average Bonchev–Trinajstić information content (AvgIpc) is 2.81. The van der Waals surface area contributed by atoms with Gasteiger partial charge in [0, 0.05) is 24.2 Å². The number of phenolic OH excluding ortho intramolecular Hbond substituents is 1. The number of hydrogen-bond acceptors (Lipinski definition) is 5. The minimum Gasteiger partial charge on any atom is -0.508 e. The Bertz CT molecular complexity index is 517. The van der Waals surface area contributed by atoms with E-state index in [-0.39, 0.29) is 28.1 Å². The summed E-state index contributed by atoms with van der Waals surface area (Å²) in [5, 5.41) is 14.1. The molecule has 0 saturated carbocycles. The molecule has 0 aromatic heterocycles. The predicted octanol–water partition coefficient (Wildman–Crippen LogP) is 1.25. The van der Waals surface area contributed by atoms with Crippen molar-refractivity contribution in [3.8, 4) is 5.75 Å². The Morgan fingerprint density at radius 2 is 2.18 bits per heavy atom. The molecular formula is C11H10N2O3S. The molecule has 88 valence electrons. The highest BCUT2D eigenvalue weighted by Crippen LogP contribution is 2.41. The van der Waals surface area contributed by atoms with E-state index in [1.54, 1.807) is 18.2 Å². The lowest BCUT2D eigenvalue weighted by molar-refractivity contribution is -0.119. The molecule has 3 rings (SSSR count). The number of phenols is 1. The summed E-state index contributed by atoms with van der Waals surface area (Å²) in [7, 11) is 0. The van der Waals surface area contributed by atoms with Crippen LogP contribution in [0, 0.1) is 0 Å². The molecule has 5 nitrogen and oxygen atoms in total. The molecule has 2 aliphatic rings. The molecule has 0 spiro atoms. The molecule has 0 radical (unpaired) electrons. The summed E-state index contributed by atoms with van der Waals surface area (Å²) in [6.07, 6.45) is 0. The third kappa shape index (κ3) is 1.64. The van der Waals surface area contributed by atoms with Crippen molar-refractivity contribution >= 4 is 28.6 Å². The van der Waals surface area contributed by atoms with Crippen molar-refractivity contribution in [3.63, 3.8) is 0 Å². The van der Waals surface area contributed by atoms with E-state index >= 15 is 0 Å². The molecule has 6 heteroatoms. The zero-order chi connectivity index (χ0) is 12.0. The van der Waals surface area contributed by atoms with Crippen LogP contribution >= 0.6 is 11.8 Å². The molecule has 2 heterocycles. The van der Waals surface area contributed by atoms with Gasteiger partial charge in [-0.3, -0.25) is 14.9 Å². The van der Waals surface area contributed by atoms with E-state index < -0.39 is 0 Å². The van der Waals surface area contributed by atoms with Crippen LogP contribution in [0.1, 0.15) is 11.5 Å². The minimum absolute atomic E-state index is 0.0259. The Labute approximate surface area is 102 Å². The normalized spacial score (nSPS) is 26.6. The smallest absolute Gasteiger partial charge is 0.286 e. The van der Waals surface area contributed by atoms with Crippen LogP contribution in [0.3, 0.4) is 0 Å². The van der Waals surface area contributed by atoms with Crippen molar-refractivity contribution in [1.82, 2.24) is 5.32 Å². The lowest BCUT2D eigenvalue weighted by Crippen LogP contribution is -2.29. The highest BCUT2D eigenvalue weighted by molar-refractivity contribution is 8.15. The third-order valence-corrected chi connectivity index (χ3v) is 4.14. The molecule has 0 bridgehead atoms. The standard InChI is InChI=1S/C11H10N2O3S/c14-5-1-2-6-7(4-12-8(6)3-5)9-10(15)13-11(16)17-9/h1-3,7,9,12,14H,4H2,(H,13,15,16)/t7-,9?/m1/s1. The minimum atomic E-state index is -0.374. The van der Waals surface area contributed by atoms with Gasteiger partial charge in [-0.1, -0.05) is 17.8 Å². The number of benzene rings is 1. The third-order valence-electron chi connectivity index (χ3n) is 3.03. The number of hydrogen-bond donors (Lipinski definition) is 3. The first-order valence-corrected chi connectivity index (χ1v) is 6.11. The molecule has 2 aliphatic heterocycles. The van der Waals surface area contributed by atoms with Gasteiger partial charge in [0.2, 0.25) is 5.91 Å². The summed E-state index contributed by atoms with van der Waals surface area (Å²) < 4.78 is 0. The number of carbonyl (C=O) groups is 2. The molecule has 3 N–H and O–H groups in total. The van der Waals surface area contributed by atoms with E-state index in [0.717, 1.165) is 23.0 Å². The lowest BCUT2D eigenvalue weighted by atomic mass is 9.97. The van der Waals surface area contributed by atoms with Gasteiger partial charge in [0.25, 0.3) is 5.24 Å². The van der Waals surface area contributed by atoms with E-state index in [0.29, 0.717) is 6.54 Å². The van der Waals surface area contributed by atoms with Crippen molar-refractivity contribution in [2.45, 2.75) is 11.2 Å². The first kappa shape index (κ1) is 10.5. The molecule has 17 heavy (non-hydrogen) atoms. The van der Waals surface area contributed by atoms with Crippen molar-refractivity contribution in [1.29, 1.82) is 0 Å². The van der Waals surface area contributed by atoms with Crippen LogP contribution in [0.4, 0.5) is 10.5 Å². The Kier molecular flexibility index (Phi) is 2.25. The predicted molar refractivity (Wildman–Crippen MR) is 64.3 cm³/mol. The number of thioether (sulfide) groups is 1. The Morgan fingerprint density at radius 1 is 1.35 bits per heavy atom. The number of fused-ring (bicyclic) bond motifs is 1. The first-order chi connectivity index (χ1) is 8.15. The van der Waals surface area contributed by atoms with Gasteiger partial charge in [-0.2, -0.15) is 0 Å². The van der Waals surface area contributed by atoms with Crippen LogP contribution in [0.15, 0.2) is 18.2 Å². The molecule has 0 aliphatic carbocycles. The van der Waals surface area contributed by atoms with Gasteiger partial charge in [0.15, 0.2) is 0 Å². The van der Waals surface area contributed by atoms with Gasteiger partial charge in [-0.25, -0.2) is 0 Å². The number of aromatic hydroxyl groups is 1. The summed E-state index contributed by atoms with van der Waals surface area (Å²) in [6, 6.07) is 5.03. The van der Waals surface area contributed by atoms with E-state index in [9.17, 15) is 14.7 Å². The molecule has 1 aromatic carbocycles. The Morgan fingerprint density at radius 3 is 2.88 bits per heavy atom.